The molecule has 0 aliphatic carbocycles. The summed E-state index contributed by atoms with van der Waals surface area (Å²) in [6, 6.07) is 71.7. The maximum Gasteiger partial charge on any atom is 0.164 e. The smallest absolute Gasteiger partial charge is 0.164 e. The van der Waals surface area contributed by atoms with E-state index in [1.165, 1.54) is 21.9 Å². The van der Waals surface area contributed by atoms with Crippen LogP contribution in [0.3, 0.4) is 0 Å². The largest absolute Gasteiger partial charge is 0.456 e. The Bertz CT molecular complexity index is 3900. The summed E-state index contributed by atoms with van der Waals surface area (Å²) in [4.78, 5) is 15.2. The molecule has 0 bridgehead atoms. The number of para-hydroxylation sites is 3. The van der Waals surface area contributed by atoms with Gasteiger partial charge in [-0.05, 0) is 83.4 Å². The Morgan fingerprint density at radius 3 is 1.70 bits per heavy atom. The lowest BCUT2D eigenvalue weighted by Gasteiger charge is -2.09. The minimum atomic E-state index is 0.563. The Labute approximate surface area is 361 Å². The first-order valence-electron chi connectivity index (χ1n) is 21.1. The molecule has 0 radical (unpaired) electrons. The van der Waals surface area contributed by atoms with Crippen molar-refractivity contribution in [1.82, 2.24) is 19.5 Å². The Hall–Kier alpha value is -8.61. The second-order valence-electron chi connectivity index (χ2n) is 16.0. The number of benzene rings is 9. The molecule has 4 aromatic heterocycles. The van der Waals surface area contributed by atoms with Crippen LogP contribution >= 0.6 is 0 Å². The van der Waals surface area contributed by atoms with Gasteiger partial charge >= 0.3 is 0 Å². The maximum atomic E-state index is 6.87. The van der Waals surface area contributed by atoms with Crippen molar-refractivity contribution in [3.63, 3.8) is 0 Å². The molecular formula is C57H34N4O2. The molecule has 4 heterocycles. The van der Waals surface area contributed by atoms with E-state index in [1.807, 2.05) is 60.7 Å². The quantitative estimate of drug-likeness (QED) is 0.167. The van der Waals surface area contributed by atoms with Gasteiger partial charge < -0.3 is 13.4 Å². The molecule has 0 spiro atoms. The molecule has 13 rings (SSSR count). The van der Waals surface area contributed by atoms with E-state index >= 15 is 0 Å². The van der Waals surface area contributed by atoms with Crippen LogP contribution in [0.1, 0.15) is 0 Å². The molecule has 294 valence electrons. The molecule has 0 aliphatic heterocycles. The van der Waals surface area contributed by atoms with E-state index in [0.717, 1.165) is 88.4 Å². The minimum absolute atomic E-state index is 0.563. The Morgan fingerprint density at radius 2 is 0.889 bits per heavy atom. The van der Waals surface area contributed by atoms with Crippen LogP contribution in [0.2, 0.25) is 0 Å². The normalized spacial score (nSPS) is 11.8. The zero-order valence-electron chi connectivity index (χ0n) is 33.7. The summed E-state index contributed by atoms with van der Waals surface area (Å²) in [6.45, 7) is 0. The van der Waals surface area contributed by atoms with Gasteiger partial charge in [-0.15, -0.1) is 0 Å². The highest BCUT2D eigenvalue weighted by molar-refractivity contribution is 6.14. The zero-order chi connectivity index (χ0) is 41.4. The molecule has 9 aromatic carbocycles. The monoisotopic (exact) mass is 806 g/mol. The van der Waals surface area contributed by atoms with Crippen LogP contribution in [-0.4, -0.2) is 19.5 Å². The van der Waals surface area contributed by atoms with Gasteiger partial charge in [-0.25, -0.2) is 15.0 Å². The van der Waals surface area contributed by atoms with E-state index in [9.17, 15) is 0 Å². The first-order valence-corrected chi connectivity index (χ1v) is 21.1. The van der Waals surface area contributed by atoms with Crippen molar-refractivity contribution in [3.8, 4) is 62.1 Å². The lowest BCUT2D eigenvalue weighted by Crippen LogP contribution is -2.00. The highest BCUT2D eigenvalue weighted by Gasteiger charge is 2.20. The molecule has 6 heteroatoms. The van der Waals surface area contributed by atoms with Crippen LogP contribution in [0.4, 0.5) is 0 Å². The highest BCUT2D eigenvalue weighted by Crippen LogP contribution is 2.41. The average molecular weight is 807 g/mol. The predicted molar refractivity (Wildman–Crippen MR) is 256 cm³/mol. The van der Waals surface area contributed by atoms with Crippen molar-refractivity contribution in [2.45, 2.75) is 0 Å². The maximum absolute atomic E-state index is 6.87. The number of hydrogen-bond acceptors (Lipinski definition) is 5. The summed E-state index contributed by atoms with van der Waals surface area (Å²) in [5.41, 5.74) is 13.8. The van der Waals surface area contributed by atoms with Crippen LogP contribution in [0, 0.1) is 0 Å². The second-order valence-corrected chi connectivity index (χ2v) is 16.0. The van der Waals surface area contributed by atoms with Crippen LogP contribution in [0.25, 0.3) is 128 Å². The standard InChI is InChI=1S/C57H34N4O2/c1-4-13-35(14-5-1)37-25-29-49-47(31-37)43-27-23-38(33-50(43)61(49)41-17-8-3-9-18-41)42-20-12-21-46-45-28-24-40(34-53(45)63-54(42)46)57-59-55(36-15-6-2-7-16-36)58-56(60-57)39-26-30-52-48(32-39)44-19-10-11-22-51(44)62-52/h1-34H. The summed E-state index contributed by atoms with van der Waals surface area (Å²) in [6.07, 6.45) is 0. The van der Waals surface area contributed by atoms with E-state index in [0.29, 0.717) is 17.5 Å². The van der Waals surface area contributed by atoms with Crippen molar-refractivity contribution in [2.24, 2.45) is 0 Å². The third kappa shape index (κ3) is 5.76. The number of hydrogen-bond donors (Lipinski definition) is 0. The summed E-state index contributed by atoms with van der Waals surface area (Å²) in [7, 11) is 0. The van der Waals surface area contributed by atoms with E-state index in [4.69, 9.17) is 23.8 Å². The molecular weight excluding hydrogens is 773 g/mol. The average Bonchev–Trinajstić information content (AvgIpc) is 4.03. The third-order valence-electron chi connectivity index (χ3n) is 12.3. The molecule has 0 unspecified atom stereocenters. The molecule has 0 saturated heterocycles. The fourth-order valence-corrected chi connectivity index (χ4v) is 9.23. The fraction of sp³-hybridized carbons (Fsp3) is 0. The van der Waals surface area contributed by atoms with Crippen molar-refractivity contribution in [1.29, 1.82) is 0 Å². The van der Waals surface area contributed by atoms with Crippen molar-refractivity contribution < 1.29 is 8.83 Å². The van der Waals surface area contributed by atoms with E-state index < -0.39 is 0 Å². The lowest BCUT2D eigenvalue weighted by molar-refractivity contribution is 0.669. The van der Waals surface area contributed by atoms with Crippen LogP contribution < -0.4 is 0 Å². The van der Waals surface area contributed by atoms with Gasteiger partial charge in [0.15, 0.2) is 17.5 Å². The van der Waals surface area contributed by atoms with Gasteiger partial charge in [0, 0.05) is 60.3 Å². The molecule has 0 aliphatic rings. The van der Waals surface area contributed by atoms with E-state index in [1.54, 1.807) is 0 Å². The minimum Gasteiger partial charge on any atom is -0.456 e. The first kappa shape index (κ1) is 35.2. The first-order chi connectivity index (χ1) is 31.2. The Balaban J connectivity index is 0.950. The molecule has 0 fully saturated rings. The lowest BCUT2D eigenvalue weighted by atomic mass is 9.99. The molecule has 63 heavy (non-hydrogen) atoms. The molecule has 0 atom stereocenters. The third-order valence-corrected chi connectivity index (χ3v) is 12.3. The number of aromatic nitrogens is 4. The molecule has 13 aromatic rings. The number of rotatable bonds is 6. The van der Waals surface area contributed by atoms with Gasteiger partial charge in [0.2, 0.25) is 0 Å². The molecule has 0 saturated carbocycles. The zero-order valence-corrected chi connectivity index (χ0v) is 33.7. The van der Waals surface area contributed by atoms with E-state index in [2.05, 4.69) is 150 Å². The highest BCUT2D eigenvalue weighted by atomic mass is 16.3. The summed E-state index contributed by atoms with van der Waals surface area (Å²) in [5.74, 6) is 1.74. The summed E-state index contributed by atoms with van der Waals surface area (Å²) >= 11 is 0. The predicted octanol–water partition coefficient (Wildman–Crippen LogP) is 15.1. The van der Waals surface area contributed by atoms with Crippen molar-refractivity contribution in [3.05, 3.63) is 206 Å². The summed E-state index contributed by atoms with van der Waals surface area (Å²) < 4.78 is 15.4. The SMILES string of the molecule is c1ccc(-c2ccc3c(c2)c2ccc(-c4cccc5c4oc4cc(-c6nc(-c7ccccc7)nc(-c7ccc8oc9ccccc9c8c7)n6)ccc45)cc2n3-c2ccccc2)cc1. The number of fused-ring (bicyclic) bond motifs is 9. The van der Waals surface area contributed by atoms with Gasteiger partial charge in [0.1, 0.15) is 22.3 Å². The fourth-order valence-electron chi connectivity index (χ4n) is 9.23. The van der Waals surface area contributed by atoms with Crippen LogP contribution in [-0.2, 0) is 0 Å². The van der Waals surface area contributed by atoms with Gasteiger partial charge in [-0.2, -0.15) is 0 Å². The Morgan fingerprint density at radius 1 is 0.302 bits per heavy atom. The van der Waals surface area contributed by atoms with Crippen LogP contribution in [0.15, 0.2) is 215 Å². The van der Waals surface area contributed by atoms with Gasteiger partial charge in [-0.3, -0.25) is 0 Å². The topological polar surface area (TPSA) is 69.9 Å². The molecule has 6 nitrogen and oxygen atoms in total. The Kier molecular flexibility index (Phi) is 7.80. The van der Waals surface area contributed by atoms with Gasteiger partial charge in [0.25, 0.3) is 0 Å². The second kappa shape index (κ2) is 14.0. The molecule has 0 N–H and O–H groups in total. The summed E-state index contributed by atoms with van der Waals surface area (Å²) in [5, 5.41) is 6.55. The van der Waals surface area contributed by atoms with Crippen molar-refractivity contribution in [2.75, 3.05) is 0 Å². The van der Waals surface area contributed by atoms with Crippen molar-refractivity contribution >= 4 is 65.7 Å². The molecule has 0 amide bonds. The van der Waals surface area contributed by atoms with E-state index in [-0.39, 0.29) is 0 Å². The number of nitrogens with zero attached hydrogens (tertiary/aromatic N) is 4. The van der Waals surface area contributed by atoms with Gasteiger partial charge in [0.05, 0.1) is 11.0 Å². The van der Waals surface area contributed by atoms with Crippen LogP contribution in [0.5, 0.6) is 0 Å². The number of furan rings is 2. The van der Waals surface area contributed by atoms with Gasteiger partial charge in [-0.1, -0.05) is 140 Å².